The van der Waals surface area contributed by atoms with E-state index in [0.29, 0.717) is 5.58 Å². The number of hydrogen-bond donors (Lipinski definition) is 0. The Morgan fingerprint density at radius 3 is 2.81 bits per heavy atom. The van der Waals surface area contributed by atoms with E-state index >= 15 is 0 Å². The van der Waals surface area contributed by atoms with E-state index < -0.39 is 0 Å². The van der Waals surface area contributed by atoms with E-state index in [-0.39, 0.29) is 6.10 Å². The number of ether oxygens (including phenoxy) is 1. The molecule has 0 N–H and O–H groups in total. The van der Waals surface area contributed by atoms with Crippen LogP contribution in [0.25, 0.3) is 11.1 Å². The third-order valence-electron chi connectivity index (χ3n) is 2.33. The van der Waals surface area contributed by atoms with Crippen LogP contribution in [-0.4, -0.2) is 16.2 Å². The normalized spacial score (nSPS) is 11.3. The van der Waals surface area contributed by atoms with Gasteiger partial charge in [0.25, 0.3) is 0 Å². The summed E-state index contributed by atoms with van der Waals surface area (Å²) in [5.74, 6) is 0.734. The van der Waals surface area contributed by atoms with E-state index in [9.17, 15) is 0 Å². The second kappa shape index (κ2) is 4.12. The zero-order chi connectivity index (χ0) is 11.7. The quantitative estimate of drug-likeness (QED) is 0.798. The van der Waals surface area contributed by atoms with Crippen molar-refractivity contribution in [3.8, 4) is 5.75 Å². The number of nitrogens with zero attached hydrogens (tertiary/aromatic N) is 2. The minimum atomic E-state index is 0.112. The fraction of sp³-hybridized carbons (Fsp3) is 0.500. The van der Waals surface area contributed by atoms with Gasteiger partial charge in [0.05, 0.1) is 6.10 Å². The van der Waals surface area contributed by atoms with Crippen LogP contribution in [-0.2, 0) is 6.42 Å². The van der Waals surface area contributed by atoms with Crippen LogP contribution in [0, 0.1) is 6.92 Å². The van der Waals surface area contributed by atoms with Crippen LogP contribution in [0.3, 0.4) is 0 Å². The lowest BCUT2D eigenvalue weighted by atomic mass is 10.2. The number of rotatable bonds is 3. The van der Waals surface area contributed by atoms with Gasteiger partial charge in [-0.1, -0.05) is 12.1 Å². The molecular weight excluding hydrogens is 204 g/mol. The zero-order valence-corrected chi connectivity index (χ0v) is 10.1. The number of aromatic nitrogens is 2. The molecule has 2 rings (SSSR count). The fourth-order valence-corrected chi connectivity index (χ4v) is 1.57. The van der Waals surface area contributed by atoms with Gasteiger partial charge in [0.2, 0.25) is 5.58 Å². The molecule has 4 heteroatoms. The molecule has 0 aromatic carbocycles. The molecule has 86 valence electrons. The van der Waals surface area contributed by atoms with Gasteiger partial charge in [0.15, 0.2) is 5.75 Å². The summed E-state index contributed by atoms with van der Waals surface area (Å²) in [6, 6.07) is 1.92. The van der Waals surface area contributed by atoms with Gasteiger partial charge in [-0.2, -0.15) is 0 Å². The van der Waals surface area contributed by atoms with Gasteiger partial charge in [-0.25, -0.2) is 4.98 Å². The van der Waals surface area contributed by atoms with E-state index in [1.165, 1.54) is 0 Å². The first-order valence-corrected chi connectivity index (χ1v) is 5.54. The maximum absolute atomic E-state index is 5.71. The summed E-state index contributed by atoms with van der Waals surface area (Å²) in [6.45, 7) is 7.93. The molecule has 2 aromatic heterocycles. The molecule has 0 fully saturated rings. The van der Waals surface area contributed by atoms with Gasteiger partial charge in [0, 0.05) is 11.8 Å². The van der Waals surface area contributed by atoms with Gasteiger partial charge in [-0.15, -0.1) is 0 Å². The molecule has 2 heterocycles. The highest BCUT2D eigenvalue weighted by atomic mass is 16.5. The minimum Gasteiger partial charge on any atom is -0.487 e. The third-order valence-corrected chi connectivity index (χ3v) is 2.33. The molecule has 0 spiro atoms. The van der Waals surface area contributed by atoms with E-state index in [0.717, 1.165) is 29.1 Å². The molecule has 16 heavy (non-hydrogen) atoms. The smallest absolute Gasteiger partial charge is 0.227 e. The van der Waals surface area contributed by atoms with Crippen molar-refractivity contribution >= 4 is 11.1 Å². The van der Waals surface area contributed by atoms with Crippen molar-refractivity contribution in [2.24, 2.45) is 0 Å². The van der Waals surface area contributed by atoms with Gasteiger partial charge in [-0.05, 0) is 27.2 Å². The first-order chi connectivity index (χ1) is 7.61. The number of fused-ring (bicyclic) bond motifs is 1. The largest absolute Gasteiger partial charge is 0.487 e. The molecule has 0 amide bonds. The second-order valence-electron chi connectivity index (χ2n) is 4.08. The van der Waals surface area contributed by atoms with E-state index in [4.69, 9.17) is 9.26 Å². The minimum absolute atomic E-state index is 0.112. The molecule has 4 nitrogen and oxygen atoms in total. The molecule has 0 unspecified atom stereocenters. The van der Waals surface area contributed by atoms with Crippen LogP contribution in [0.5, 0.6) is 5.75 Å². The second-order valence-corrected chi connectivity index (χ2v) is 4.08. The molecule has 0 radical (unpaired) electrons. The topological polar surface area (TPSA) is 48.2 Å². The highest BCUT2D eigenvalue weighted by Gasteiger charge is 2.14. The maximum Gasteiger partial charge on any atom is 0.227 e. The zero-order valence-electron chi connectivity index (χ0n) is 10.1. The van der Waals surface area contributed by atoms with Crippen LogP contribution < -0.4 is 4.74 Å². The summed E-state index contributed by atoms with van der Waals surface area (Å²) in [5, 5.41) is 3.92. The number of pyridine rings is 1. The van der Waals surface area contributed by atoms with Crippen molar-refractivity contribution in [3.05, 3.63) is 17.5 Å². The van der Waals surface area contributed by atoms with Crippen LogP contribution >= 0.6 is 0 Å². The molecule has 0 saturated carbocycles. The Kier molecular flexibility index (Phi) is 2.81. The standard InChI is InChI=1S/C12H16N2O2/c1-5-9-6-10(15-7(2)3)12-11(13-9)8(4)14-16-12/h6-7H,5H2,1-4H3. The van der Waals surface area contributed by atoms with E-state index in [1.54, 1.807) is 0 Å². The van der Waals surface area contributed by atoms with E-state index in [1.807, 2.05) is 26.8 Å². The molecule has 0 saturated heterocycles. The SMILES string of the molecule is CCc1cc(OC(C)C)c2onc(C)c2n1. The molecular formula is C12H16N2O2. The molecule has 0 aliphatic rings. The molecule has 0 aliphatic carbocycles. The van der Waals surface area contributed by atoms with Gasteiger partial charge in [-0.3, -0.25) is 0 Å². The fourth-order valence-electron chi connectivity index (χ4n) is 1.57. The first-order valence-electron chi connectivity index (χ1n) is 5.54. The van der Waals surface area contributed by atoms with Crippen LogP contribution in [0.2, 0.25) is 0 Å². The van der Waals surface area contributed by atoms with Crippen LogP contribution in [0.4, 0.5) is 0 Å². The Balaban J connectivity index is 2.60. The molecule has 0 atom stereocenters. The van der Waals surface area contributed by atoms with Gasteiger partial charge >= 0.3 is 0 Å². The number of aryl methyl sites for hydroxylation is 2. The van der Waals surface area contributed by atoms with Crippen molar-refractivity contribution in [3.63, 3.8) is 0 Å². The highest BCUT2D eigenvalue weighted by molar-refractivity contribution is 5.81. The first kappa shape index (κ1) is 10.9. The summed E-state index contributed by atoms with van der Waals surface area (Å²) in [6.07, 6.45) is 0.982. The van der Waals surface area contributed by atoms with Crippen molar-refractivity contribution in [1.29, 1.82) is 0 Å². The summed E-state index contributed by atoms with van der Waals surface area (Å²) in [7, 11) is 0. The molecule has 0 bridgehead atoms. The van der Waals surface area contributed by atoms with Gasteiger partial charge in [0.1, 0.15) is 11.2 Å². The average Bonchev–Trinajstić information content (AvgIpc) is 2.60. The van der Waals surface area contributed by atoms with Crippen LogP contribution in [0.1, 0.15) is 32.2 Å². The monoisotopic (exact) mass is 220 g/mol. The van der Waals surface area contributed by atoms with E-state index in [2.05, 4.69) is 17.1 Å². The Morgan fingerprint density at radius 1 is 1.44 bits per heavy atom. The Morgan fingerprint density at radius 2 is 2.19 bits per heavy atom. The number of hydrogen-bond acceptors (Lipinski definition) is 4. The Hall–Kier alpha value is -1.58. The lowest BCUT2D eigenvalue weighted by Crippen LogP contribution is -2.06. The molecule has 0 aliphatic heterocycles. The summed E-state index contributed by atoms with van der Waals surface area (Å²) < 4.78 is 11.0. The summed E-state index contributed by atoms with van der Waals surface area (Å²) in [4.78, 5) is 4.48. The van der Waals surface area contributed by atoms with Crippen molar-refractivity contribution < 1.29 is 9.26 Å². The highest BCUT2D eigenvalue weighted by Crippen LogP contribution is 2.28. The Labute approximate surface area is 94.6 Å². The van der Waals surface area contributed by atoms with Crippen molar-refractivity contribution in [2.45, 2.75) is 40.2 Å². The van der Waals surface area contributed by atoms with Crippen LogP contribution in [0.15, 0.2) is 10.6 Å². The predicted octanol–water partition coefficient (Wildman–Crippen LogP) is 2.88. The third kappa shape index (κ3) is 1.87. The lowest BCUT2D eigenvalue weighted by Gasteiger charge is -2.10. The summed E-state index contributed by atoms with van der Waals surface area (Å²) >= 11 is 0. The Bertz CT molecular complexity index is 503. The summed E-state index contributed by atoms with van der Waals surface area (Å²) in [5.41, 5.74) is 3.24. The average molecular weight is 220 g/mol. The maximum atomic E-state index is 5.71. The van der Waals surface area contributed by atoms with Crippen molar-refractivity contribution in [2.75, 3.05) is 0 Å². The van der Waals surface area contributed by atoms with Crippen molar-refractivity contribution in [1.82, 2.24) is 10.1 Å². The lowest BCUT2D eigenvalue weighted by molar-refractivity contribution is 0.240. The van der Waals surface area contributed by atoms with Gasteiger partial charge < -0.3 is 9.26 Å². The predicted molar refractivity (Wildman–Crippen MR) is 61.7 cm³/mol. The molecule has 2 aromatic rings.